The zero-order chi connectivity index (χ0) is 15.4. The summed E-state index contributed by atoms with van der Waals surface area (Å²) >= 11 is 3.54. The number of carbonyl (C=O) groups excluding carboxylic acids is 1. The summed E-state index contributed by atoms with van der Waals surface area (Å²) in [7, 11) is 0. The molecule has 0 aromatic heterocycles. The monoisotopic (exact) mass is 366 g/mol. The molecule has 2 fully saturated rings. The lowest BCUT2D eigenvalue weighted by atomic mass is 9.82. The molecule has 1 saturated heterocycles. The topological polar surface area (TPSA) is 50.4 Å². The molecule has 2 N–H and O–H groups in total. The molecule has 2 aliphatic rings. The number of rotatable bonds is 6. The molecule has 1 aromatic rings. The van der Waals surface area contributed by atoms with Gasteiger partial charge in [0, 0.05) is 29.8 Å². The summed E-state index contributed by atoms with van der Waals surface area (Å²) in [6, 6.07) is 8.34. The molecule has 5 heteroatoms. The summed E-state index contributed by atoms with van der Waals surface area (Å²) in [5, 5.41) is 6.53. The van der Waals surface area contributed by atoms with Gasteiger partial charge in [-0.25, -0.2) is 0 Å². The molecule has 0 spiro atoms. The van der Waals surface area contributed by atoms with Crippen molar-refractivity contribution >= 4 is 21.8 Å². The van der Waals surface area contributed by atoms with Crippen molar-refractivity contribution in [3.05, 3.63) is 34.3 Å². The highest BCUT2D eigenvalue weighted by molar-refractivity contribution is 9.10. The van der Waals surface area contributed by atoms with Crippen molar-refractivity contribution in [3.63, 3.8) is 0 Å². The summed E-state index contributed by atoms with van der Waals surface area (Å²) in [5.41, 5.74) is 1.05. The lowest BCUT2D eigenvalue weighted by Gasteiger charge is -2.38. The van der Waals surface area contributed by atoms with Gasteiger partial charge in [0.15, 0.2) is 0 Å². The number of hydrogen-bond donors (Lipinski definition) is 2. The first-order valence-electron chi connectivity index (χ1n) is 8.03. The lowest BCUT2D eigenvalue weighted by molar-refractivity contribution is -0.121. The van der Waals surface area contributed by atoms with Gasteiger partial charge < -0.3 is 10.1 Å². The van der Waals surface area contributed by atoms with Gasteiger partial charge in [-0.3, -0.25) is 10.1 Å². The fraction of sp³-hybridized carbons (Fsp3) is 0.588. The normalized spacial score (nSPS) is 20.6. The smallest absolute Gasteiger partial charge is 0.233 e. The molecule has 0 bridgehead atoms. The minimum Gasteiger partial charge on any atom is -0.381 e. The van der Waals surface area contributed by atoms with Crippen LogP contribution < -0.4 is 10.6 Å². The second-order valence-electron chi connectivity index (χ2n) is 6.31. The van der Waals surface area contributed by atoms with E-state index in [-0.39, 0.29) is 11.4 Å². The standard InChI is InChI=1S/C17H23BrN2O2/c18-15-3-1-2-14(10-15)17(6-8-22-9-7-17)20-12-16(21)19-11-13-4-5-13/h1-3,10,13,20H,4-9,11-12H2,(H,19,21). The molecule has 1 amide bonds. The van der Waals surface area contributed by atoms with E-state index in [2.05, 4.69) is 38.7 Å². The third-order valence-electron chi connectivity index (χ3n) is 4.60. The Bertz CT molecular complexity index is 525. The van der Waals surface area contributed by atoms with Crippen molar-refractivity contribution in [2.45, 2.75) is 31.2 Å². The minimum absolute atomic E-state index is 0.0905. The second kappa shape index (κ2) is 7.11. The fourth-order valence-corrected chi connectivity index (χ4v) is 3.36. The Labute approximate surface area is 140 Å². The van der Waals surface area contributed by atoms with Crippen molar-refractivity contribution in [1.29, 1.82) is 0 Å². The molecule has 0 atom stereocenters. The molecule has 3 rings (SSSR count). The van der Waals surface area contributed by atoms with Gasteiger partial charge in [-0.2, -0.15) is 0 Å². The van der Waals surface area contributed by atoms with Gasteiger partial charge in [0.05, 0.1) is 6.54 Å². The lowest BCUT2D eigenvalue weighted by Crippen LogP contribution is -2.50. The van der Waals surface area contributed by atoms with Crippen molar-refractivity contribution in [1.82, 2.24) is 10.6 Å². The molecule has 1 aromatic carbocycles. The van der Waals surface area contributed by atoms with Crippen LogP contribution in [0.1, 0.15) is 31.2 Å². The van der Waals surface area contributed by atoms with Crippen molar-refractivity contribution in [2.75, 3.05) is 26.3 Å². The van der Waals surface area contributed by atoms with Gasteiger partial charge in [-0.05, 0) is 49.3 Å². The van der Waals surface area contributed by atoms with Crippen LogP contribution in [-0.4, -0.2) is 32.2 Å². The number of nitrogens with one attached hydrogen (secondary N) is 2. The van der Waals surface area contributed by atoms with Crippen molar-refractivity contribution in [3.8, 4) is 0 Å². The van der Waals surface area contributed by atoms with Gasteiger partial charge in [0.1, 0.15) is 0 Å². The minimum atomic E-state index is -0.168. The summed E-state index contributed by atoms with van der Waals surface area (Å²) < 4.78 is 6.58. The van der Waals surface area contributed by atoms with Crippen molar-refractivity contribution < 1.29 is 9.53 Å². The highest BCUT2D eigenvalue weighted by Gasteiger charge is 2.34. The van der Waals surface area contributed by atoms with E-state index < -0.39 is 0 Å². The Morgan fingerprint density at radius 3 is 2.77 bits per heavy atom. The summed E-state index contributed by atoms with van der Waals surface area (Å²) in [4.78, 5) is 12.0. The molecule has 0 unspecified atom stereocenters. The maximum Gasteiger partial charge on any atom is 0.233 e. The van der Waals surface area contributed by atoms with Crippen LogP contribution in [0.5, 0.6) is 0 Å². The van der Waals surface area contributed by atoms with Crippen LogP contribution >= 0.6 is 15.9 Å². The summed E-state index contributed by atoms with van der Waals surface area (Å²) in [6.07, 6.45) is 4.29. The Morgan fingerprint density at radius 1 is 1.32 bits per heavy atom. The van der Waals surface area contributed by atoms with E-state index >= 15 is 0 Å². The molecule has 1 aliphatic heterocycles. The Balaban J connectivity index is 1.64. The quantitative estimate of drug-likeness (QED) is 0.813. The van der Waals surface area contributed by atoms with Gasteiger partial charge in [0.2, 0.25) is 5.91 Å². The number of hydrogen-bond acceptors (Lipinski definition) is 3. The first-order chi connectivity index (χ1) is 10.7. The largest absolute Gasteiger partial charge is 0.381 e. The van der Waals surface area contributed by atoms with Crippen LogP contribution in [0.3, 0.4) is 0 Å². The van der Waals surface area contributed by atoms with E-state index in [1.165, 1.54) is 18.4 Å². The second-order valence-corrected chi connectivity index (χ2v) is 7.22. The number of benzene rings is 1. The maximum absolute atomic E-state index is 12.0. The third-order valence-corrected chi connectivity index (χ3v) is 5.09. The molecule has 1 saturated carbocycles. The van der Waals surface area contributed by atoms with Crippen LogP contribution in [0.2, 0.25) is 0 Å². The highest BCUT2D eigenvalue weighted by atomic mass is 79.9. The summed E-state index contributed by atoms with van der Waals surface area (Å²) in [5.74, 6) is 0.804. The Kier molecular flexibility index (Phi) is 5.16. The van der Waals surface area contributed by atoms with Gasteiger partial charge in [-0.15, -0.1) is 0 Å². The number of halogens is 1. The van der Waals surface area contributed by atoms with Crippen LogP contribution in [-0.2, 0) is 15.1 Å². The SMILES string of the molecule is O=C(CNC1(c2cccc(Br)c2)CCOCC1)NCC1CC1. The van der Waals surface area contributed by atoms with Crippen LogP contribution in [0.15, 0.2) is 28.7 Å². The van der Waals surface area contributed by atoms with E-state index in [4.69, 9.17) is 4.74 Å². The molecular weight excluding hydrogens is 344 g/mol. The van der Waals surface area contributed by atoms with Crippen LogP contribution in [0.4, 0.5) is 0 Å². The predicted molar refractivity (Wildman–Crippen MR) is 89.6 cm³/mol. The molecule has 4 nitrogen and oxygen atoms in total. The van der Waals surface area contributed by atoms with E-state index in [0.717, 1.165) is 37.1 Å². The Hall–Kier alpha value is -0.910. The highest BCUT2D eigenvalue weighted by Crippen LogP contribution is 2.33. The molecule has 120 valence electrons. The van der Waals surface area contributed by atoms with E-state index in [9.17, 15) is 4.79 Å². The number of amides is 1. The van der Waals surface area contributed by atoms with E-state index in [1.54, 1.807) is 0 Å². The van der Waals surface area contributed by atoms with Gasteiger partial charge in [-0.1, -0.05) is 28.1 Å². The van der Waals surface area contributed by atoms with Gasteiger partial charge >= 0.3 is 0 Å². The maximum atomic E-state index is 12.0. The fourth-order valence-electron chi connectivity index (χ4n) is 2.97. The van der Waals surface area contributed by atoms with Crippen molar-refractivity contribution in [2.24, 2.45) is 5.92 Å². The average molecular weight is 367 g/mol. The van der Waals surface area contributed by atoms with Crippen LogP contribution in [0, 0.1) is 5.92 Å². The molecule has 1 heterocycles. The zero-order valence-corrected chi connectivity index (χ0v) is 14.3. The number of carbonyl (C=O) groups is 1. The van der Waals surface area contributed by atoms with E-state index in [1.807, 2.05) is 12.1 Å². The molecule has 0 radical (unpaired) electrons. The number of ether oxygens (including phenoxy) is 1. The van der Waals surface area contributed by atoms with E-state index in [0.29, 0.717) is 12.5 Å². The van der Waals surface area contributed by atoms with Gasteiger partial charge in [0.25, 0.3) is 0 Å². The summed E-state index contributed by atoms with van der Waals surface area (Å²) in [6.45, 7) is 2.64. The predicted octanol–water partition coefficient (Wildman–Crippen LogP) is 2.57. The zero-order valence-electron chi connectivity index (χ0n) is 12.7. The third kappa shape index (κ3) is 4.09. The molecule has 22 heavy (non-hydrogen) atoms. The molecule has 1 aliphatic carbocycles. The molecular formula is C17H23BrN2O2. The average Bonchev–Trinajstić information content (AvgIpc) is 3.36. The first-order valence-corrected chi connectivity index (χ1v) is 8.83. The van der Waals surface area contributed by atoms with Crippen LogP contribution in [0.25, 0.3) is 0 Å². The Morgan fingerprint density at radius 2 is 2.09 bits per heavy atom. The first kappa shape index (κ1) is 16.0.